The minimum atomic E-state index is -0.643. The number of halogens is 1. The van der Waals surface area contributed by atoms with Gasteiger partial charge in [-0.3, -0.25) is 0 Å². The Morgan fingerprint density at radius 3 is 2.94 bits per heavy atom. The Bertz CT molecular complexity index is 1410. The summed E-state index contributed by atoms with van der Waals surface area (Å²) in [5.74, 6) is 0.540. The van der Waals surface area contributed by atoms with Crippen molar-refractivity contribution in [1.29, 1.82) is 0 Å². The van der Waals surface area contributed by atoms with Crippen molar-refractivity contribution < 1.29 is 14.2 Å². The molecule has 4 aromatic heterocycles. The van der Waals surface area contributed by atoms with E-state index in [4.69, 9.17) is 25.8 Å². The van der Waals surface area contributed by atoms with Gasteiger partial charge in [0.15, 0.2) is 5.79 Å². The quantitative estimate of drug-likeness (QED) is 0.420. The highest BCUT2D eigenvalue weighted by molar-refractivity contribution is 6.33. The summed E-state index contributed by atoms with van der Waals surface area (Å²) >= 11 is 6.32. The van der Waals surface area contributed by atoms with Gasteiger partial charge in [-0.05, 0) is 45.2 Å². The van der Waals surface area contributed by atoms with Crippen molar-refractivity contribution in [2.45, 2.75) is 51.2 Å². The molecule has 33 heavy (non-hydrogen) atoms. The largest absolute Gasteiger partial charge is 0.493 e. The summed E-state index contributed by atoms with van der Waals surface area (Å²) in [5, 5.41) is 1.32. The minimum absolute atomic E-state index is 0.0466. The molecule has 4 aromatic rings. The maximum absolute atomic E-state index is 6.47. The van der Waals surface area contributed by atoms with Crippen LogP contribution in [0.1, 0.15) is 32.0 Å². The van der Waals surface area contributed by atoms with Gasteiger partial charge in [0.25, 0.3) is 0 Å². The third-order valence-electron chi connectivity index (χ3n) is 7.58. The molecule has 2 saturated carbocycles. The summed E-state index contributed by atoms with van der Waals surface area (Å²) in [6, 6.07) is 6.06. The van der Waals surface area contributed by atoms with E-state index in [1.807, 2.05) is 62.0 Å². The van der Waals surface area contributed by atoms with Crippen LogP contribution in [-0.2, 0) is 9.47 Å². The van der Waals surface area contributed by atoms with E-state index in [1.54, 1.807) is 0 Å². The number of ether oxygens (including phenoxy) is 3. The van der Waals surface area contributed by atoms with E-state index in [-0.39, 0.29) is 23.7 Å². The summed E-state index contributed by atoms with van der Waals surface area (Å²) in [7, 11) is 0. The fourth-order valence-corrected chi connectivity index (χ4v) is 6.22. The first-order valence-corrected chi connectivity index (χ1v) is 11.6. The Morgan fingerprint density at radius 1 is 1.18 bits per heavy atom. The molecule has 5 atom stereocenters. The Labute approximate surface area is 195 Å². The fourth-order valence-electron chi connectivity index (χ4n) is 6.03. The standard InChI is InChI=1S/C24H24ClN5O3/c1-13-10-26-17-8-14(4-6-29(13)17)31-11-24-9-16(24)18(19-20(24)33-23(2,3)32-19)30-7-5-15-21(25)27-12-28-22(15)30/h4-8,10,12,16,18-20H,9,11H2,1-3H3/t16-,18-,19+,20+,24+/m1/s1. The molecule has 0 unspecified atom stereocenters. The van der Waals surface area contributed by atoms with E-state index in [9.17, 15) is 0 Å². The monoisotopic (exact) mass is 465 g/mol. The maximum Gasteiger partial charge on any atom is 0.163 e. The number of nitrogens with zero attached hydrogens (tertiary/aromatic N) is 5. The zero-order valence-corrected chi connectivity index (χ0v) is 19.4. The van der Waals surface area contributed by atoms with Crippen molar-refractivity contribution in [2.75, 3.05) is 6.61 Å². The van der Waals surface area contributed by atoms with Crippen LogP contribution in [0, 0.1) is 18.3 Å². The van der Waals surface area contributed by atoms with Gasteiger partial charge in [-0.15, -0.1) is 0 Å². The maximum atomic E-state index is 6.47. The average molecular weight is 466 g/mol. The predicted octanol–water partition coefficient (Wildman–Crippen LogP) is 4.20. The molecule has 0 bridgehead atoms. The van der Waals surface area contributed by atoms with E-state index in [1.165, 1.54) is 6.33 Å². The molecule has 9 heteroatoms. The van der Waals surface area contributed by atoms with Gasteiger partial charge in [0, 0.05) is 35.8 Å². The van der Waals surface area contributed by atoms with Gasteiger partial charge in [0.2, 0.25) is 0 Å². The lowest BCUT2D eigenvalue weighted by Crippen LogP contribution is -2.34. The fraction of sp³-hybridized carbons (Fsp3) is 0.458. The second kappa shape index (κ2) is 6.46. The van der Waals surface area contributed by atoms with Crippen molar-refractivity contribution in [2.24, 2.45) is 11.3 Å². The highest BCUT2D eigenvalue weighted by atomic mass is 35.5. The average Bonchev–Trinajstić information content (AvgIpc) is 3.06. The first-order valence-electron chi connectivity index (χ1n) is 11.3. The minimum Gasteiger partial charge on any atom is -0.493 e. The smallest absolute Gasteiger partial charge is 0.163 e. The van der Waals surface area contributed by atoms with E-state index in [2.05, 4.69) is 19.5 Å². The topological polar surface area (TPSA) is 75.7 Å². The zero-order valence-electron chi connectivity index (χ0n) is 18.6. The number of imidazole rings is 1. The first-order chi connectivity index (χ1) is 15.9. The number of aryl methyl sites for hydroxylation is 1. The van der Waals surface area contributed by atoms with Gasteiger partial charge in [-0.1, -0.05) is 11.6 Å². The molecule has 7 rings (SSSR count). The summed E-state index contributed by atoms with van der Waals surface area (Å²) in [6.45, 7) is 6.57. The van der Waals surface area contributed by atoms with Crippen LogP contribution in [0.4, 0.5) is 0 Å². The van der Waals surface area contributed by atoms with Gasteiger partial charge in [-0.25, -0.2) is 15.0 Å². The second-order valence-corrected chi connectivity index (χ2v) is 10.3. The molecule has 3 fully saturated rings. The third kappa shape index (κ3) is 2.74. The molecular weight excluding hydrogens is 442 g/mol. The van der Waals surface area contributed by atoms with Crippen molar-refractivity contribution in [3.05, 3.63) is 54.0 Å². The van der Waals surface area contributed by atoms with Gasteiger partial charge in [0.1, 0.15) is 34.6 Å². The molecule has 0 aromatic carbocycles. The summed E-state index contributed by atoms with van der Waals surface area (Å²) in [6.07, 6.45) is 8.32. The number of pyridine rings is 1. The Morgan fingerprint density at radius 2 is 2.06 bits per heavy atom. The van der Waals surface area contributed by atoms with Gasteiger partial charge in [0.05, 0.1) is 24.1 Å². The van der Waals surface area contributed by atoms with Crippen LogP contribution < -0.4 is 4.74 Å². The van der Waals surface area contributed by atoms with Crippen LogP contribution in [0.3, 0.4) is 0 Å². The Balaban J connectivity index is 1.22. The van der Waals surface area contributed by atoms with E-state index in [0.717, 1.165) is 34.5 Å². The van der Waals surface area contributed by atoms with Crippen LogP contribution >= 0.6 is 11.6 Å². The Kier molecular flexibility index (Phi) is 3.87. The molecule has 0 radical (unpaired) electrons. The number of aromatic nitrogens is 5. The molecule has 2 aliphatic carbocycles. The van der Waals surface area contributed by atoms with Crippen LogP contribution in [-0.4, -0.2) is 48.5 Å². The van der Waals surface area contributed by atoms with E-state index >= 15 is 0 Å². The highest BCUT2D eigenvalue weighted by Crippen LogP contribution is 2.71. The lowest BCUT2D eigenvalue weighted by molar-refractivity contribution is -0.162. The normalized spacial score (nSPS) is 31.8. The van der Waals surface area contributed by atoms with Gasteiger partial charge in [-0.2, -0.15) is 0 Å². The van der Waals surface area contributed by atoms with Crippen LogP contribution in [0.25, 0.3) is 16.7 Å². The predicted molar refractivity (Wildman–Crippen MR) is 121 cm³/mol. The number of hydrogen-bond acceptors (Lipinski definition) is 6. The first kappa shape index (κ1) is 19.8. The number of fused-ring (bicyclic) bond motifs is 5. The lowest BCUT2D eigenvalue weighted by Gasteiger charge is -2.24. The SMILES string of the molecule is Cc1cnc2cc(OC[C@@]34C[C@@H]3[C@@H](n3ccc5c(Cl)ncnc53)[C@@H]3OC(C)(C)O[C@@H]34)ccn12. The van der Waals surface area contributed by atoms with E-state index in [0.29, 0.717) is 17.7 Å². The summed E-state index contributed by atoms with van der Waals surface area (Å²) in [5.41, 5.74) is 2.71. The molecule has 1 saturated heterocycles. The van der Waals surface area contributed by atoms with Gasteiger partial charge >= 0.3 is 0 Å². The van der Waals surface area contributed by atoms with Crippen molar-refractivity contribution >= 4 is 28.3 Å². The molecule has 170 valence electrons. The molecule has 0 N–H and O–H groups in total. The molecule has 3 aliphatic rings. The third-order valence-corrected chi connectivity index (χ3v) is 7.88. The molecular formula is C24H24ClN5O3. The second-order valence-electron chi connectivity index (χ2n) is 9.96. The number of hydrogen-bond donors (Lipinski definition) is 0. The molecule has 5 heterocycles. The lowest BCUT2D eigenvalue weighted by atomic mass is 10.0. The number of rotatable bonds is 4. The highest BCUT2D eigenvalue weighted by Gasteiger charge is 2.76. The molecule has 0 spiro atoms. The van der Waals surface area contributed by atoms with Crippen molar-refractivity contribution in [1.82, 2.24) is 23.9 Å². The molecule has 8 nitrogen and oxygen atoms in total. The van der Waals surface area contributed by atoms with E-state index < -0.39 is 5.79 Å². The van der Waals surface area contributed by atoms with Crippen LogP contribution in [0.15, 0.2) is 43.1 Å². The van der Waals surface area contributed by atoms with Crippen molar-refractivity contribution in [3.63, 3.8) is 0 Å². The molecule has 1 aliphatic heterocycles. The summed E-state index contributed by atoms with van der Waals surface area (Å²) < 4.78 is 23.5. The van der Waals surface area contributed by atoms with Crippen molar-refractivity contribution in [3.8, 4) is 5.75 Å². The van der Waals surface area contributed by atoms with Gasteiger partial charge < -0.3 is 23.2 Å². The van der Waals surface area contributed by atoms with Crippen LogP contribution in [0.2, 0.25) is 5.15 Å². The molecule has 0 amide bonds. The van der Waals surface area contributed by atoms with Crippen LogP contribution in [0.5, 0.6) is 5.75 Å². The Hall–Kier alpha value is -2.68. The zero-order chi connectivity index (χ0) is 22.5. The summed E-state index contributed by atoms with van der Waals surface area (Å²) in [4.78, 5) is 13.1.